The lowest BCUT2D eigenvalue weighted by atomic mass is 10.0. The maximum absolute atomic E-state index is 11.7. The van der Waals surface area contributed by atoms with Gasteiger partial charge in [0.15, 0.2) is 6.04 Å². The van der Waals surface area contributed by atoms with Crippen LogP contribution in [-0.4, -0.2) is 31.5 Å². The lowest BCUT2D eigenvalue weighted by Gasteiger charge is -2.19. The van der Waals surface area contributed by atoms with Gasteiger partial charge >= 0.3 is 5.97 Å². The van der Waals surface area contributed by atoms with E-state index in [1.165, 1.54) is 20.4 Å². The van der Waals surface area contributed by atoms with Gasteiger partial charge in [0.1, 0.15) is 11.5 Å². The number of carboxylic acid groups (broad SMARTS) is 1. The first kappa shape index (κ1) is 17.1. The zero-order valence-electron chi connectivity index (χ0n) is 13.4. The summed E-state index contributed by atoms with van der Waals surface area (Å²) in [5.74, 6) is 5.08. The van der Waals surface area contributed by atoms with Crippen LogP contribution in [0, 0.1) is 0 Å². The molecule has 0 amide bonds. The maximum atomic E-state index is 11.7. The lowest BCUT2D eigenvalue weighted by Crippen LogP contribution is -2.21. The Bertz CT molecular complexity index is 729. The van der Waals surface area contributed by atoms with Crippen molar-refractivity contribution >= 4 is 17.9 Å². The highest BCUT2D eigenvalue weighted by atomic mass is 16.5. The van der Waals surface area contributed by atoms with Gasteiger partial charge in [-0.3, -0.25) is 0 Å². The standard InChI is InChI=1S/C17H19N3O4/c1-23-13-7-8-15(24-2)14(9-13)16(17(21)22)20-12-5-3-11(4-6-12)10-19-18/h3-10,16,20H,18H2,1-2H3,(H,21,22). The number of benzene rings is 2. The molecular formula is C17H19N3O4. The summed E-state index contributed by atoms with van der Waals surface area (Å²) in [5, 5.41) is 16.0. The van der Waals surface area contributed by atoms with Crippen LogP contribution in [0.1, 0.15) is 17.2 Å². The molecule has 7 nitrogen and oxygen atoms in total. The van der Waals surface area contributed by atoms with Crippen molar-refractivity contribution in [2.75, 3.05) is 19.5 Å². The third-order valence-corrected chi connectivity index (χ3v) is 3.44. The van der Waals surface area contributed by atoms with Gasteiger partial charge in [-0.15, -0.1) is 0 Å². The molecule has 24 heavy (non-hydrogen) atoms. The monoisotopic (exact) mass is 329 g/mol. The molecule has 0 aromatic heterocycles. The fourth-order valence-corrected chi connectivity index (χ4v) is 2.26. The van der Waals surface area contributed by atoms with Crippen LogP contribution in [0.4, 0.5) is 5.69 Å². The summed E-state index contributed by atoms with van der Waals surface area (Å²) >= 11 is 0. The second-order valence-electron chi connectivity index (χ2n) is 4.92. The van der Waals surface area contributed by atoms with Gasteiger partial charge in [-0.05, 0) is 35.9 Å². The summed E-state index contributed by atoms with van der Waals surface area (Å²) in [6, 6.07) is 11.1. The van der Waals surface area contributed by atoms with Crippen molar-refractivity contribution in [2.45, 2.75) is 6.04 Å². The van der Waals surface area contributed by atoms with Gasteiger partial charge in [-0.2, -0.15) is 5.10 Å². The van der Waals surface area contributed by atoms with Crippen molar-refractivity contribution in [3.8, 4) is 11.5 Å². The number of hydrogen-bond acceptors (Lipinski definition) is 6. The van der Waals surface area contributed by atoms with Crippen molar-refractivity contribution in [2.24, 2.45) is 10.9 Å². The number of hydrazone groups is 1. The van der Waals surface area contributed by atoms with Gasteiger partial charge in [0.05, 0.1) is 20.4 Å². The Hall–Kier alpha value is -3.22. The largest absolute Gasteiger partial charge is 0.497 e. The van der Waals surface area contributed by atoms with Crippen LogP contribution < -0.4 is 20.6 Å². The van der Waals surface area contributed by atoms with E-state index >= 15 is 0 Å². The zero-order chi connectivity index (χ0) is 17.5. The van der Waals surface area contributed by atoms with Crippen molar-refractivity contribution in [1.29, 1.82) is 0 Å². The van der Waals surface area contributed by atoms with Gasteiger partial charge in [-0.1, -0.05) is 12.1 Å². The summed E-state index contributed by atoms with van der Waals surface area (Å²) in [4.78, 5) is 11.7. The fraction of sp³-hybridized carbons (Fsp3) is 0.176. The Morgan fingerprint density at radius 2 is 1.92 bits per heavy atom. The van der Waals surface area contributed by atoms with E-state index in [1.807, 2.05) is 0 Å². The quantitative estimate of drug-likeness (QED) is 0.408. The van der Waals surface area contributed by atoms with E-state index in [-0.39, 0.29) is 0 Å². The van der Waals surface area contributed by atoms with Crippen LogP contribution in [0.5, 0.6) is 11.5 Å². The Morgan fingerprint density at radius 1 is 1.21 bits per heavy atom. The summed E-state index contributed by atoms with van der Waals surface area (Å²) in [6.45, 7) is 0. The molecule has 4 N–H and O–H groups in total. The van der Waals surface area contributed by atoms with E-state index in [4.69, 9.17) is 15.3 Å². The Balaban J connectivity index is 2.34. The molecular weight excluding hydrogens is 310 g/mol. The average Bonchev–Trinajstić information content (AvgIpc) is 2.60. The highest BCUT2D eigenvalue weighted by Gasteiger charge is 2.24. The SMILES string of the molecule is COc1ccc(OC)c(C(Nc2ccc(C=NN)cc2)C(=O)O)c1. The van der Waals surface area contributed by atoms with Crippen molar-refractivity contribution in [1.82, 2.24) is 0 Å². The molecule has 7 heteroatoms. The van der Waals surface area contributed by atoms with Gasteiger partial charge in [0.25, 0.3) is 0 Å². The predicted octanol–water partition coefficient (Wildman–Crippen LogP) is 2.23. The normalized spacial score (nSPS) is 11.9. The predicted molar refractivity (Wildman–Crippen MR) is 91.8 cm³/mol. The molecule has 0 heterocycles. The molecule has 0 radical (unpaired) electrons. The Kier molecular flexibility index (Phi) is 5.62. The van der Waals surface area contributed by atoms with Gasteiger partial charge < -0.3 is 25.7 Å². The molecule has 0 aliphatic carbocycles. The minimum atomic E-state index is -1.03. The summed E-state index contributed by atoms with van der Waals surface area (Å²) in [6.07, 6.45) is 1.50. The molecule has 2 aromatic rings. The molecule has 0 saturated heterocycles. The van der Waals surface area contributed by atoms with E-state index in [2.05, 4.69) is 10.4 Å². The molecule has 0 aliphatic rings. The van der Waals surface area contributed by atoms with E-state index in [0.29, 0.717) is 22.7 Å². The van der Waals surface area contributed by atoms with E-state index in [0.717, 1.165) is 5.56 Å². The Morgan fingerprint density at radius 3 is 2.46 bits per heavy atom. The lowest BCUT2D eigenvalue weighted by molar-refractivity contribution is -0.138. The second-order valence-corrected chi connectivity index (χ2v) is 4.92. The topological polar surface area (TPSA) is 106 Å². The average molecular weight is 329 g/mol. The number of rotatable bonds is 7. The minimum Gasteiger partial charge on any atom is -0.497 e. The molecule has 0 bridgehead atoms. The highest BCUT2D eigenvalue weighted by Crippen LogP contribution is 2.31. The summed E-state index contributed by atoms with van der Waals surface area (Å²) in [7, 11) is 3.01. The molecule has 1 unspecified atom stereocenters. The van der Waals surface area contributed by atoms with Gasteiger partial charge in [-0.25, -0.2) is 4.79 Å². The summed E-state index contributed by atoms with van der Waals surface area (Å²) < 4.78 is 10.4. The van der Waals surface area contributed by atoms with Crippen molar-refractivity contribution in [3.05, 3.63) is 53.6 Å². The fourth-order valence-electron chi connectivity index (χ4n) is 2.26. The number of carboxylic acids is 1. The highest BCUT2D eigenvalue weighted by molar-refractivity contribution is 5.82. The number of hydrogen-bond donors (Lipinski definition) is 3. The molecule has 0 saturated carbocycles. The van der Waals surface area contributed by atoms with E-state index in [9.17, 15) is 9.90 Å². The van der Waals surface area contributed by atoms with Gasteiger partial charge in [0.2, 0.25) is 0 Å². The molecule has 2 rings (SSSR count). The van der Waals surface area contributed by atoms with Crippen molar-refractivity contribution in [3.63, 3.8) is 0 Å². The van der Waals surface area contributed by atoms with Crippen LogP contribution in [-0.2, 0) is 4.79 Å². The molecule has 0 aliphatic heterocycles. The smallest absolute Gasteiger partial charge is 0.330 e. The van der Waals surface area contributed by atoms with Crippen LogP contribution >= 0.6 is 0 Å². The summed E-state index contributed by atoms with van der Waals surface area (Å²) in [5.41, 5.74) is 1.92. The van der Waals surface area contributed by atoms with Crippen molar-refractivity contribution < 1.29 is 19.4 Å². The number of methoxy groups -OCH3 is 2. The molecule has 0 spiro atoms. The molecule has 2 aromatic carbocycles. The van der Waals surface area contributed by atoms with Gasteiger partial charge in [0, 0.05) is 11.3 Å². The minimum absolute atomic E-state index is 0.461. The first-order chi connectivity index (χ1) is 11.6. The first-order valence-electron chi connectivity index (χ1n) is 7.13. The number of ether oxygens (including phenoxy) is 2. The van der Waals surface area contributed by atoms with Crippen LogP contribution in [0.3, 0.4) is 0 Å². The number of nitrogens with one attached hydrogen (secondary N) is 1. The zero-order valence-corrected chi connectivity index (χ0v) is 13.4. The number of anilines is 1. The third-order valence-electron chi connectivity index (χ3n) is 3.44. The van der Waals surface area contributed by atoms with Crippen LogP contribution in [0.15, 0.2) is 47.6 Å². The first-order valence-corrected chi connectivity index (χ1v) is 7.13. The number of carbonyl (C=O) groups is 1. The van der Waals surface area contributed by atoms with E-state index < -0.39 is 12.0 Å². The number of aliphatic carboxylic acids is 1. The molecule has 126 valence electrons. The van der Waals surface area contributed by atoms with Crippen LogP contribution in [0.2, 0.25) is 0 Å². The van der Waals surface area contributed by atoms with Crippen LogP contribution in [0.25, 0.3) is 0 Å². The maximum Gasteiger partial charge on any atom is 0.330 e. The number of nitrogens with two attached hydrogens (primary N) is 1. The number of nitrogens with zero attached hydrogens (tertiary/aromatic N) is 1. The third kappa shape index (κ3) is 3.95. The Labute approximate surface area is 139 Å². The van der Waals surface area contributed by atoms with E-state index in [1.54, 1.807) is 42.5 Å². The molecule has 0 fully saturated rings. The molecule has 1 atom stereocenters. The second kappa shape index (κ2) is 7.87.